The number of hydrogen-bond acceptors (Lipinski definition) is 3. The number of ether oxygens (including phenoxy) is 1. The molecule has 0 amide bonds. The van der Waals surface area contributed by atoms with E-state index >= 15 is 0 Å². The third kappa shape index (κ3) is 2.67. The van der Waals surface area contributed by atoms with E-state index in [0.717, 1.165) is 11.5 Å². The Morgan fingerprint density at radius 3 is 2.81 bits per heavy atom. The Bertz CT molecular complexity index is 361. The van der Waals surface area contributed by atoms with Crippen molar-refractivity contribution in [2.75, 3.05) is 7.11 Å². The molecule has 2 rings (SSSR count). The molecule has 1 saturated carbocycles. The summed E-state index contributed by atoms with van der Waals surface area (Å²) in [6, 6.07) is 5.97. The van der Waals surface area contributed by atoms with Crippen LogP contribution in [0, 0.1) is 5.92 Å². The summed E-state index contributed by atoms with van der Waals surface area (Å²) in [5.74, 6) is 1.83. The maximum absolute atomic E-state index is 9.77. The van der Waals surface area contributed by atoms with Gasteiger partial charge in [-0.05, 0) is 31.7 Å². The minimum atomic E-state index is 0.301. The van der Waals surface area contributed by atoms with Crippen molar-refractivity contribution < 1.29 is 9.84 Å². The van der Waals surface area contributed by atoms with Gasteiger partial charge < -0.3 is 15.2 Å². The standard InChI is InChI=1S/C13H19NO2/c1-9(10-3-4-10)14-8-11-5-6-12(16-2)7-13(11)15/h5-7,9-10,14-15H,3-4,8H2,1-2H3. The number of phenols is 1. The molecule has 16 heavy (non-hydrogen) atoms. The van der Waals surface area contributed by atoms with Crippen molar-refractivity contribution in [3.63, 3.8) is 0 Å². The zero-order chi connectivity index (χ0) is 11.5. The second-order valence-electron chi connectivity index (χ2n) is 4.50. The van der Waals surface area contributed by atoms with Crippen molar-refractivity contribution in [2.24, 2.45) is 5.92 Å². The van der Waals surface area contributed by atoms with Crippen LogP contribution in [-0.4, -0.2) is 18.3 Å². The molecule has 1 aliphatic rings. The van der Waals surface area contributed by atoms with E-state index in [9.17, 15) is 5.11 Å². The lowest BCUT2D eigenvalue weighted by Gasteiger charge is -2.13. The number of hydrogen-bond donors (Lipinski definition) is 2. The summed E-state index contributed by atoms with van der Waals surface area (Å²) in [7, 11) is 1.60. The van der Waals surface area contributed by atoms with Crippen molar-refractivity contribution >= 4 is 0 Å². The minimum Gasteiger partial charge on any atom is -0.507 e. The third-order valence-electron chi connectivity index (χ3n) is 3.24. The van der Waals surface area contributed by atoms with E-state index in [0.29, 0.717) is 24.1 Å². The highest BCUT2D eigenvalue weighted by molar-refractivity contribution is 5.39. The summed E-state index contributed by atoms with van der Waals surface area (Å²) >= 11 is 0. The van der Waals surface area contributed by atoms with E-state index in [-0.39, 0.29) is 0 Å². The van der Waals surface area contributed by atoms with Gasteiger partial charge in [-0.2, -0.15) is 0 Å². The number of methoxy groups -OCH3 is 1. The van der Waals surface area contributed by atoms with Crippen LogP contribution in [-0.2, 0) is 6.54 Å². The normalized spacial score (nSPS) is 17.1. The second kappa shape index (κ2) is 4.74. The molecule has 3 heteroatoms. The Labute approximate surface area is 96.4 Å². The van der Waals surface area contributed by atoms with Gasteiger partial charge in [0.05, 0.1) is 7.11 Å². The van der Waals surface area contributed by atoms with Gasteiger partial charge in [-0.3, -0.25) is 0 Å². The van der Waals surface area contributed by atoms with Gasteiger partial charge in [-0.25, -0.2) is 0 Å². The first-order valence-electron chi connectivity index (χ1n) is 5.80. The summed E-state index contributed by atoms with van der Waals surface area (Å²) in [6.45, 7) is 2.92. The molecule has 1 unspecified atom stereocenters. The van der Waals surface area contributed by atoms with Crippen LogP contribution in [0.5, 0.6) is 11.5 Å². The van der Waals surface area contributed by atoms with Gasteiger partial charge in [0.15, 0.2) is 0 Å². The van der Waals surface area contributed by atoms with Gasteiger partial charge in [-0.15, -0.1) is 0 Å². The molecule has 88 valence electrons. The lowest BCUT2D eigenvalue weighted by Crippen LogP contribution is -2.27. The lowest BCUT2D eigenvalue weighted by atomic mass is 10.1. The summed E-state index contributed by atoms with van der Waals surface area (Å²) < 4.78 is 5.04. The summed E-state index contributed by atoms with van der Waals surface area (Å²) in [4.78, 5) is 0. The first-order valence-corrected chi connectivity index (χ1v) is 5.80. The zero-order valence-corrected chi connectivity index (χ0v) is 9.86. The number of rotatable bonds is 5. The van der Waals surface area contributed by atoms with E-state index in [2.05, 4.69) is 12.2 Å². The van der Waals surface area contributed by atoms with E-state index in [1.165, 1.54) is 12.8 Å². The minimum absolute atomic E-state index is 0.301. The van der Waals surface area contributed by atoms with Crippen LogP contribution in [0.4, 0.5) is 0 Å². The molecule has 0 spiro atoms. The first-order chi connectivity index (χ1) is 7.70. The fourth-order valence-electron chi connectivity index (χ4n) is 1.85. The van der Waals surface area contributed by atoms with Crippen LogP contribution in [0.3, 0.4) is 0 Å². The Morgan fingerprint density at radius 2 is 2.25 bits per heavy atom. The summed E-state index contributed by atoms with van der Waals surface area (Å²) in [6.07, 6.45) is 2.67. The zero-order valence-electron chi connectivity index (χ0n) is 9.86. The van der Waals surface area contributed by atoms with E-state index in [1.807, 2.05) is 12.1 Å². The predicted molar refractivity (Wildman–Crippen MR) is 63.7 cm³/mol. The maximum Gasteiger partial charge on any atom is 0.123 e. The molecular weight excluding hydrogens is 202 g/mol. The highest BCUT2D eigenvalue weighted by atomic mass is 16.5. The Morgan fingerprint density at radius 1 is 1.50 bits per heavy atom. The van der Waals surface area contributed by atoms with Gasteiger partial charge in [0.1, 0.15) is 11.5 Å². The molecule has 1 fully saturated rings. The van der Waals surface area contributed by atoms with Crippen LogP contribution in [0.15, 0.2) is 18.2 Å². The molecule has 0 aliphatic heterocycles. The van der Waals surface area contributed by atoms with E-state index in [1.54, 1.807) is 13.2 Å². The van der Waals surface area contributed by atoms with Crippen LogP contribution in [0.2, 0.25) is 0 Å². The van der Waals surface area contributed by atoms with Gasteiger partial charge in [0, 0.05) is 24.2 Å². The number of aromatic hydroxyl groups is 1. The summed E-state index contributed by atoms with van der Waals surface area (Å²) in [5.41, 5.74) is 0.924. The van der Waals surface area contributed by atoms with E-state index < -0.39 is 0 Å². The topological polar surface area (TPSA) is 41.5 Å². The largest absolute Gasteiger partial charge is 0.507 e. The van der Waals surface area contributed by atoms with Gasteiger partial charge in [0.25, 0.3) is 0 Å². The predicted octanol–water partition coefficient (Wildman–Crippen LogP) is 2.29. The highest BCUT2D eigenvalue weighted by Crippen LogP contribution is 2.32. The molecule has 2 N–H and O–H groups in total. The van der Waals surface area contributed by atoms with Crippen molar-refractivity contribution in [2.45, 2.75) is 32.4 Å². The molecule has 1 aliphatic carbocycles. The first kappa shape index (κ1) is 11.3. The molecule has 0 radical (unpaired) electrons. The van der Waals surface area contributed by atoms with Crippen molar-refractivity contribution in [3.8, 4) is 11.5 Å². The van der Waals surface area contributed by atoms with Gasteiger partial charge in [0.2, 0.25) is 0 Å². The number of nitrogens with one attached hydrogen (secondary N) is 1. The van der Waals surface area contributed by atoms with Crippen molar-refractivity contribution in [1.82, 2.24) is 5.32 Å². The highest BCUT2D eigenvalue weighted by Gasteiger charge is 2.27. The van der Waals surface area contributed by atoms with Gasteiger partial charge >= 0.3 is 0 Å². The maximum atomic E-state index is 9.77. The van der Waals surface area contributed by atoms with Crippen LogP contribution >= 0.6 is 0 Å². The van der Waals surface area contributed by atoms with Crippen LogP contribution < -0.4 is 10.1 Å². The van der Waals surface area contributed by atoms with Crippen LogP contribution in [0.25, 0.3) is 0 Å². The Balaban J connectivity index is 1.92. The summed E-state index contributed by atoms with van der Waals surface area (Å²) in [5, 5.41) is 13.2. The molecule has 0 aromatic heterocycles. The third-order valence-corrected chi connectivity index (χ3v) is 3.24. The second-order valence-corrected chi connectivity index (χ2v) is 4.50. The molecule has 1 aromatic carbocycles. The molecular formula is C13H19NO2. The smallest absolute Gasteiger partial charge is 0.123 e. The lowest BCUT2D eigenvalue weighted by molar-refractivity contribution is 0.404. The molecule has 0 heterocycles. The molecule has 0 saturated heterocycles. The average molecular weight is 221 g/mol. The monoisotopic (exact) mass is 221 g/mol. The number of phenolic OH excluding ortho intramolecular Hbond substituents is 1. The molecule has 1 aromatic rings. The Hall–Kier alpha value is -1.22. The van der Waals surface area contributed by atoms with Gasteiger partial charge in [-0.1, -0.05) is 6.07 Å². The average Bonchev–Trinajstić information content (AvgIpc) is 3.10. The SMILES string of the molecule is COc1ccc(CNC(C)C2CC2)c(O)c1. The quantitative estimate of drug-likeness (QED) is 0.801. The number of benzene rings is 1. The molecule has 3 nitrogen and oxygen atoms in total. The molecule has 1 atom stereocenters. The van der Waals surface area contributed by atoms with Crippen molar-refractivity contribution in [3.05, 3.63) is 23.8 Å². The fourth-order valence-corrected chi connectivity index (χ4v) is 1.85. The van der Waals surface area contributed by atoms with E-state index in [4.69, 9.17) is 4.74 Å². The Kier molecular flexibility index (Phi) is 3.34. The molecule has 0 bridgehead atoms. The van der Waals surface area contributed by atoms with Crippen LogP contribution in [0.1, 0.15) is 25.3 Å². The fraction of sp³-hybridized carbons (Fsp3) is 0.538. The van der Waals surface area contributed by atoms with Crippen molar-refractivity contribution in [1.29, 1.82) is 0 Å².